The second-order valence-electron chi connectivity index (χ2n) is 2.75. The number of halogens is 1. The SMILES string of the molecule is O=c1cc(I)cnn1Cc1cccs1. The van der Waals surface area contributed by atoms with Crippen LogP contribution in [0.25, 0.3) is 0 Å². The lowest BCUT2D eigenvalue weighted by atomic mass is 10.4. The summed E-state index contributed by atoms with van der Waals surface area (Å²) in [6.45, 7) is 0.563. The van der Waals surface area contributed by atoms with Gasteiger partial charge in [-0.25, -0.2) is 4.68 Å². The van der Waals surface area contributed by atoms with Gasteiger partial charge in [0.15, 0.2) is 0 Å². The van der Waals surface area contributed by atoms with Crippen molar-refractivity contribution in [1.82, 2.24) is 9.78 Å². The Morgan fingerprint density at radius 2 is 2.43 bits per heavy atom. The second kappa shape index (κ2) is 4.22. The molecule has 2 aromatic heterocycles. The Bertz CT molecular complexity index is 478. The molecule has 3 nitrogen and oxygen atoms in total. The number of nitrogens with zero attached hydrogens (tertiary/aromatic N) is 2. The van der Waals surface area contributed by atoms with E-state index in [1.165, 1.54) is 4.68 Å². The van der Waals surface area contributed by atoms with Crippen LogP contribution in [0.15, 0.2) is 34.6 Å². The van der Waals surface area contributed by atoms with Gasteiger partial charge in [0.1, 0.15) is 0 Å². The van der Waals surface area contributed by atoms with Gasteiger partial charge in [-0.15, -0.1) is 11.3 Å². The molecule has 0 aliphatic rings. The van der Waals surface area contributed by atoms with Gasteiger partial charge >= 0.3 is 0 Å². The maximum absolute atomic E-state index is 11.5. The summed E-state index contributed by atoms with van der Waals surface area (Å²) < 4.78 is 2.34. The Morgan fingerprint density at radius 3 is 3.07 bits per heavy atom. The molecule has 0 unspecified atom stereocenters. The molecule has 0 saturated heterocycles. The van der Waals surface area contributed by atoms with Gasteiger partial charge in [0, 0.05) is 14.5 Å². The summed E-state index contributed by atoms with van der Waals surface area (Å²) >= 11 is 3.71. The third-order valence-corrected chi connectivity index (χ3v) is 3.17. The minimum absolute atomic E-state index is 0.0506. The first-order chi connectivity index (χ1) is 6.75. The van der Waals surface area contributed by atoms with Crippen LogP contribution >= 0.6 is 33.9 Å². The molecule has 0 aromatic carbocycles. The largest absolute Gasteiger partial charge is 0.268 e. The maximum Gasteiger partial charge on any atom is 0.268 e. The molecule has 0 amide bonds. The third kappa shape index (κ3) is 2.21. The van der Waals surface area contributed by atoms with Gasteiger partial charge < -0.3 is 0 Å². The van der Waals surface area contributed by atoms with Crippen molar-refractivity contribution in [3.8, 4) is 0 Å². The second-order valence-corrected chi connectivity index (χ2v) is 5.03. The van der Waals surface area contributed by atoms with Gasteiger partial charge in [-0.2, -0.15) is 5.10 Å². The highest BCUT2D eigenvalue weighted by Crippen LogP contribution is 2.08. The lowest BCUT2D eigenvalue weighted by Crippen LogP contribution is -2.22. The molecule has 2 heterocycles. The Labute approximate surface area is 98.5 Å². The van der Waals surface area contributed by atoms with Crippen molar-refractivity contribution in [2.75, 3.05) is 0 Å². The topological polar surface area (TPSA) is 34.9 Å². The first-order valence-electron chi connectivity index (χ1n) is 4.01. The normalized spacial score (nSPS) is 10.4. The van der Waals surface area contributed by atoms with Gasteiger partial charge in [0.05, 0.1) is 12.7 Å². The number of hydrogen-bond acceptors (Lipinski definition) is 3. The van der Waals surface area contributed by atoms with E-state index in [1.807, 2.05) is 17.5 Å². The van der Waals surface area contributed by atoms with Gasteiger partial charge in [0.2, 0.25) is 0 Å². The predicted octanol–water partition coefficient (Wildman–Crippen LogP) is 1.96. The average molecular weight is 318 g/mol. The van der Waals surface area contributed by atoms with Crippen LogP contribution in [0.2, 0.25) is 0 Å². The molecule has 0 bridgehead atoms. The summed E-state index contributed by atoms with van der Waals surface area (Å²) in [5, 5.41) is 6.05. The number of aromatic nitrogens is 2. The molecule has 14 heavy (non-hydrogen) atoms. The van der Waals surface area contributed by atoms with E-state index in [4.69, 9.17) is 0 Å². The molecular weight excluding hydrogens is 311 g/mol. The van der Waals surface area contributed by atoms with E-state index in [0.29, 0.717) is 6.54 Å². The minimum atomic E-state index is -0.0506. The van der Waals surface area contributed by atoms with E-state index < -0.39 is 0 Å². The summed E-state index contributed by atoms with van der Waals surface area (Å²) in [7, 11) is 0. The van der Waals surface area contributed by atoms with Gasteiger partial charge in [-0.1, -0.05) is 6.07 Å². The van der Waals surface area contributed by atoms with Gasteiger partial charge in [-0.3, -0.25) is 4.79 Å². The summed E-state index contributed by atoms with van der Waals surface area (Å²) in [5.74, 6) is 0. The molecule has 0 spiro atoms. The van der Waals surface area contributed by atoms with Crippen LogP contribution < -0.4 is 5.56 Å². The van der Waals surface area contributed by atoms with Gasteiger partial charge in [0.25, 0.3) is 5.56 Å². The van der Waals surface area contributed by atoms with Crippen LogP contribution in [0.5, 0.6) is 0 Å². The highest BCUT2D eigenvalue weighted by Gasteiger charge is 2.00. The lowest BCUT2D eigenvalue weighted by molar-refractivity contribution is 0.643. The molecule has 0 saturated carbocycles. The smallest absolute Gasteiger partial charge is 0.268 e. The fourth-order valence-corrected chi connectivity index (χ4v) is 2.16. The van der Waals surface area contributed by atoms with Crippen molar-refractivity contribution in [3.05, 3.63) is 48.6 Å². The molecule has 0 atom stereocenters. The average Bonchev–Trinajstić information content (AvgIpc) is 2.62. The fourth-order valence-electron chi connectivity index (χ4n) is 1.08. The monoisotopic (exact) mass is 318 g/mol. The molecule has 0 N–H and O–H groups in total. The minimum Gasteiger partial charge on any atom is -0.268 e. The van der Waals surface area contributed by atoms with E-state index in [9.17, 15) is 4.79 Å². The van der Waals surface area contributed by atoms with Crippen LogP contribution in [0, 0.1) is 3.57 Å². The van der Waals surface area contributed by atoms with Crippen molar-refractivity contribution in [2.45, 2.75) is 6.54 Å². The maximum atomic E-state index is 11.5. The Balaban J connectivity index is 2.30. The molecule has 0 aliphatic carbocycles. The Hall–Kier alpha value is -0.690. The Kier molecular flexibility index (Phi) is 2.97. The van der Waals surface area contributed by atoms with Crippen LogP contribution in [-0.2, 0) is 6.54 Å². The quantitative estimate of drug-likeness (QED) is 0.794. The summed E-state index contributed by atoms with van der Waals surface area (Å²) in [4.78, 5) is 12.6. The standard InChI is InChI=1S/C9H7IN2OS/c10-7-4-9(13)12(11-5-7)6-8-2-1-3-14-8/h1-5H,6H2. The molecule has 72 valence electrons. The zero-order valence-electron chi connectivity index (χ0n) is 7.18. The summed E-state index contributed by atoms with van der Waals surface area (Å²) in [6, 6.07) is 5.55. The van der Waals surface area contributed by atoms with Crippen LogP contribution in [-0.4, -0.2) is 9.78 Å². The molecule has 0 radical (unpaired) electrons. The molecule has 0 fully saturated rings. The van der Waals surface area contributed by atoms with E-state index >= 15 is 0 Å². The fraction of sp³-hybridized carbons (Fsp3) is 0.111. The van der Waals surface area contributed by atoms with Crippen molar-refractivity contribution < 1.29 is 0 Å². The van der Waals surface area contributed by atoms with Crippen LogP contribution in [0.4, 0.5) is 0 Å². The van der Waals surface area contributed by atoms with E-state index in [1.54, 1.807) is 23.6 Å². The molecule has 2 aromatic rings. The first-order valence-corrected chi connectivity index (χ1v) is 5.96. The number of rotatable bonds is 2. The zero-order valence-corrected chi connectivity index (χ0v) is 10.2. The highest BCUT2D eigenvalue weighted by atomic mass is 127. The summed E-state index contributed by atoms with van der Waals surface area (Å²) in [6.07, 6.45) is 1.69. The molecular formula is C9H7IN2OS. The van der Waals surface area contributed by atoms with Crippen LogP contribution in [0.3, 0.4) is 0 Å². The molecule has 5 heteroatoms. The predicted molar refractivity (Wildman–Crippen MR) is 64.6 cm³/mol. The van der Waals surface area contributed by atoms with E-state index in [-0.39, 0.29) is 5.56 Å². The Morgan fingerprint density at radius 1 is 1.57 bits per heavy atom. The van der Waals surface area contributed by atoms with E-state index in [0.717, 1.165) is 8.45 Å². The lowest BCUT2D eigenvalue weighted by Gasteiger charge is -2.00. The molecule has 2 rings (SSSR count). The summed E-state index contributed by atoms with van der Waals surface area (Å²) in [5.41, 5.74) is -0.0506. The van der Waals surface area contributed by atoms with Gasteiger partial charge in [-0.05, 0) is 34.0 Å². The van der Waals surface area contributed by atoms with Crippen LogP contribution in [0.1, 0.15) is 4.88 Å². The number of hydrogen-bond donors (Lipinski definition) is 0. The van der Waals surface area contributed by atoms with Crippen molar-refractivity contribution in [2.24, 2.45) is 0 Å². The van der Waals surface area contributed by atoms with Crippen molar-refractivity contribution in [1.29, 1.82) is 0 Å². The van der Waals surface area contributed by atoms with Crippen molar-refractivity contribution in [3.63, 3.8) is 0 Å². The van der Waals surface area contributed by atoms with Crippen molar-refractivity contribution >= 4 is 33.9 Å². The highest BCUT2D eigenvalue weighted by molar-refractivity contribution is 14.1. The number of thiophene rings is 1. The van der Waals surface area contributed by atoms with E-state index in [2.05, 4.69) is 27.7 Å². The first kappa shape index (κ1) is 9.85. The molecule has 0 aliphatic heterocycles. The third-order valence-electron chi connectivity index (χ3n) is 1.72. The zero-order chi connectivity index (χ0) is 9.97.